The summed E-state index contributed by atoms with van der Waals surface area (Å²) in [7, 11) is -4.04. The second kappa shape index (κ2) is 14.4. The molecule has 1 aliphatic rings. The molecule has 0 bridgehead atoms. The zero-order chi connectivity index (χ0) is 30.1. The number of benzene rings is 3. The summed E-state index contributed by atoms with van der Waals surface area (Å²) in [5.41, 5.74) is 2.01. The van der Waals surface area contributed by atoms with E-state index in [2.05, 4.69) is 17.4 Å². The van der Waals surface area contributed by atoms with Crippen LogP contribution in [-0.2, 0) is 22.9 Å². The van der Waals surface area contributed by atoms with Gasteiger partial charge in [-0.2, -0.15) is 4.31 Å². The van der Waals surface area contributed by atoms with Crippen LogP contribution in [0.3, 0.4) is 0 Å². The minimum absolute atomic E-state index is 0.00157. The van der Waals surface area contributed by atoms with Crippen molar-refractivity contribution in [2.45, 2.75) is 50.2 Å². The number of hydrogen-bond acceptors (Lipinski definition) is 7. The zero-order valence-electron chi connectivity index (χ0n) is 23.8. The van der Waals surface area contributed by atoms with Gasteiger partial charge in [-0.1, -0.05) is 56.3 Å². The fourth-order valence-electron chi connectivity index (χ4n) is 4.73. The van der Waals surface area contributed by atoms with Crippen molar-refractivity contribution < 1.29 is 37.6 Å². The van der Waals surface area contributed by atoms with Crippen LogP contribution in [0.25, 0.3) is 0 Å². The van der Waals surface area contributed by atoms with E-state index < -0.39 is 28.3 Å². The van der Waals surface area contributed by atoms with Crippen LogP contribution in [0.2, 0.25) is 0 Å². The van der Waals surface area contributed by atoms with Crippen molar-refractivity contribution in [1.29, 1.82) is 0 Å². The Morgan fingerprint density at radius 1 is 0.976 bits per heavy atom. The third kappa shape index (κ3) is 8.60. The van der Waals surface area contributed by atoms with Gasteiger partial charge < -0.3 is 29.7 Å². The van der Waals surface area contributed by atoms with Crippen molar-refractivity contribution in [1.82, 2.24) is 9.62 Å². The van der Waals surface area contributed by atoms with E-state index in [1.54, 1.807) is 12.1 Å². The van der Waals surface area contributed by atoms with Gasteiger partial charge >= 0.3 is 6.09 Å². The smallest absolute Gasteiger partial charge is 0.404 e. The lowest BCUT2D eigenvalue weighted by Crippen LogP contribution is -2.50. The monoisotopic (exact) mass is 598 g/mol. The molecule has 0 radical (unpaired) electrons. The topological polar surface area (TPSA) is 135 Å². The molecule has 42 heavy (non-hydrogen) atoms. The molecule has 11 heteroatoms. The largest absolute Gasteiger partial charge is 0.494 e. The number of carboxylic acid groups (broad SMARTS) is 1. The number of fused-ring (bicyclic) bond motifs is 1. The molecule has 2 atom stereocenters. The number of aliphatic hydroxyl groups is 1. The number of rotatable bonds is 15. The first-order valence-corrected chi connectivity index (χ1v) is 15.4. The van der Waals surface area contributed by atoms with E-state index in [1.807, 2.05) is 44.2 Å². The summed E-state index contributed by atoms with van der Waals surface area (Å²) in [5.74, 6) is 1.43. The first-order chi connectivity index (χ1) is 20.1. The van der Waals surface area contributed by atoms with Crippen LogP contribution in [0.1, 0.15) is 31.4 Å². The van der Waals surface area contributed by atoms with Crippen LogP contribution >= 0.6 is 0 Å². The summed E-state index contributed by atoms with van der Waals surface area (Å²) >= 11 is 0. The summed E-state index contributed by atoms with van der Waals surface area (Å²) < 4.78 is 44.9. The molecule has 1 aliphatic heterocycles. The number of aryl methyl sites for hydroxylation is 1. The predicted octanol–water partition coefficient (Wildman–Crippen LogP) is 4.31. The van der Waals surface area contributed by atoms with Gasteiger partial charge in [0.1, 0.15) is 5.75 Å². The summed E-state index contributed by atoms with van der Waals surface area (Å²) in [5, 5.41) is 23.0. The van der Waals surface area contributed by atoms with Crippen molar-refractivity contribution >= 4 is 16.1 Å². The van der Waals surface area contributed by atoms with Crippen molar-refractivity contribution in [3.63, 3.8) is 0 Å². The molecule has 0 spiro atoms. The van der Waals surface area contributed by atoms with Crippen LogP contribution in [0, 0.1) is 5.92 Å². The highest BCUT2D eigenvalue weighted by atomic mass is 32.2. The molecule has 0 saturated carbocycles. The number of hydrogen-bond donors (Lipinski definition) is 3. The number of ether oxygens (including phenoxy) is 3. The Hall–Kier alpha value is -3.80. The molecule has 226 valence electrons. The number of nitrogens with zero attached hydrogens (tertiary/aromatic N) is 1. The number of amides is 1. The minimum Gasteiger partial charge on any atom is -0.494 e. The minimum atomic E-state index is -4.04. The van der Waals surface area contributed by atoms with Gasteiger partial charge in [0.2, 0.25) is 16.8 Å². The van der Waals surface area contributed by atoms with Crippen LogP contribution in [-0.4, -0.2) is 67.7 Å². The van der Waals surface area contributed by atoms with Gasteiger partial charge in [-0.25, -0.2) is 13.2 Å². The number of aliphatic hydroxyl groups excluding tert-OH is 1. The van der Waals surface area contributed by atoms with Crippen molar-refractivity contribution in [3.05, 3.63) is 83.9 Å². The molecule has 0 aliphatic carbocycles. The highest BCUT2D eigenvalue weighted by molar-refractivity contribution is 7.89. The van der Waals surface area contributed by atoms with Crippen molar-refractivity contribution in [2.24, 2.45) is 5.92 Å². The Morgan fingerprint density at radius 3 is 2.38 bits per heavy atom. The number of nitrogens with one attached hydrogen (secondary N) is 1. The molecule has 0 fully saturated rings. The van der Waals surface area contributed by atoms with Gasteiger partial charge in [-0.3, -0.25) is 0 Å². The quantitative estimate of drug-likeness (QED) is 0.220. The average molecular weight is 599 g/mol. The third-order valence-corrected chi connectivity index (χ3v) is 8.64. The molecule has 3 aromatic rings. The van der Waals surface area contributed by atoms with Crippen molar-refractivity contribution in [2.75, 3.05) is 26.5 Å². The Morgan fingerprint density at radius 2 is 1.69 bits per heavy atom. The Bertz CT molecular complexity index is 1410. The number of carbonyl (C=O) groups is 1. The molecular formula is C31H38N2O8S. The lowest BCUT2D eigenvalue weighted by Gasteiger charge is -2.30. The molecular weight excluding hydrogens is 560 g/mol. The first kappa shape index (κ1) is 31.1. The molecule has 3 aromatic carbocycles. The molecule has 0 aromatic heterocycles. The lowest BCUT2D eigenvalue weighted by molar-refractivity contribution is 0.0980. The highest BCUT2D eigenvalue weighted by Gasteiger charge is 2.32. The summed E-state index contributed by atoms with van der Waals surface area (Å²) in [4.78, 5) is 11.6. The second-order valence-corrected chi connectivity index (χ2v) is 12.6. The fraction of sp³-hybridized carbons (Fsp3) is 0.387. The Labute approximate surface area is 246 Å². The molecule has 3 N–H and O–H groups in total. The van der Waals surface area contributed by atoms with Crippen molar-refractivity contribution in [3.8, 4) is 17.2 Å². The van der Waals surface area contributed by atoms with Gasteiger partial charge in [0.25, 0.3) is 0 Å². The normalized spacial score (nSPS) is 14.1. The van der Waals surface area contributed by atoms with Gasteiger partial charge in [0, 0.05) is 19.2 Å². The lowest BCUT2D eigenvalue weighted by atomic mass is 10.0. The molecule has 10 nitrogen and oxygen atoms in total. The third-order valence-electron chi connectivity index (χ3n) is 6.81. The average Bonchev–Trinajstić information content (AvgIpc) is 3.44. The van der Waals surface area contributed by atoms with Crippen LogP contribution in [0.4, 0.5) is 4.79 Å². The van der Waals surface area contributed by atoms with E-state index in [4.69, 9.17) is 14.2 Å². The number of sulfonamides is 1. The SMILES string of the molecule is CC(C)CN(C[C@H](O)[C@H](Cc1ccc(OCCCc2ccccc2)cc1)NC(=O)O)S(=O)(=O)c1ccc2c(c1)OCO2. The van der Waals surface area contributed by atoms with E-state index in [0.29, 0.717) is 23.9 Å². The fourth-order valence-corrected chi connectivity index (χ4v) is 6.37. The predicted molar refractivity (Wildman–Crippen MR) is 158 cm³/mol. The molecule has 1 heterocycles. The van der Waals surface area contributed by atoms with Crippen LogP contribution in [0.5, 0.6) is 17.2 Å². The maximum atomic E-state index is 13.6. The maximum Gasteiger partial charge on any atom is 0.404 e. The van der Waals surface area contributed by atoms with Gasteiger partial charge in [-0.15, -0.1) is 0 Å². The van der Waals surface area contributed by atoms with E-state index in [-0.39, 0.29) is 37.1 Å². The standard InChI is InChI=1S/C31H38N2O8S/c1-22(2)19-33(42(37,38)26-14-15-29-30(18-26)41-21-40-29)20-28(34)27(32-31(35)36)17-24-10-12-25(13-11-24)39-16-6-9-23-7-4-3-5-8-23/h3-5,7-8,10-15,18,22,27-28,32,34H,6,9,16-17,19-21H2,1-2H3,(H,35,36)/t27-,28-/m0/s1. The molecule has 1 amide bonds. The van der Waals surface area contributed by atoms with Gasteiger partial charge in [0.15, 0.2) is 11.5 Å². The summed E-state index contributed by atoms with van der Waals surface area (Å²) in [6, 6.07) is 20.8. The first-order valence-electron chi connectivity index (χ1n) is 13.9. The Kier molecular flexibility index (Phi) is 10.7. The zero-order valence-corrected chi connectivity index (χ0v) is 24.6. The molecule has 0 saturated heterocycles. The van der Waals surface area contributed by atoms with E-state index in [9.17, 15) is 23.4 Å². The Balaban J connectivity index is 1.40. The second-order valence-electron chi connectivity index (χ2n) is 10.6. The van der Waals surface area contributed by atoms with Crippen LogP contribution in [0.15, 0.2) is 77.7 Å². The van der Waals surface area contributed by atoms with Gasteiger partial charge in [0.05, 0.1) is 23.6 Å². The van der Waals surface area contributed by atoms with E-state index in [0.717, 1.165) is 18.4 Å². The van der Waals surface area contributed by atoms with E-state index in [1.165, 1.54) is 28.1 Å². The van der Waals surface area contributed by atoms with E-state index >= 15 is 0 Å². The van der Waals surface area contributed by atoms with Gasteiger partial charge in [-0.05, 0) is 60.6 Å². The maximum absolute atomic E-state index is 13.6. The summed E-state index contributed by atoms with van der Waals surface area (Å²) in [6.07, 6.45) is -0.701. The van der Waals surface area contributed by atoms with Crippen LogP contribution < -0.4 is 19.5 Å². The summed E-state index contributed by atoms with van der Waals surface area (Å²) in [6.45, 7) is 4.13. The molecule has 4 rings (SSSR count). The highest BCUT2D eigenvalue weighted by Crippen LogP contribution is 2.35. The molecule has 0 unspecified atom stereocenters.